The van der Waals surface area contributed by atoms with Crippen LogP contribution < -0.4 is 5.32 Å². The van der Waals surface area contributed by atoms with Gasteiger partial charge in [0.2, 0.25) is 0 Å². The van der Waals surface area contributed by atoms with Crippen LogP contribution in [0.3, 0.4) is 0 Å². The van der Waals surface area contributed by atoms with Crippen LogP contribution in [-0.4, -0.2) is 47.3 Å². The second-order valence-corrected chi connectivity index (χ2v) is 8.22. The maximum Gasteiger partial charge on any atom is 0.292 e. The number of piperidine rings is 1. The lowest BCUT2D eigenvalue weighted by Gasteiger charge is -2.31. The van der Waals surface area contributed by atoms with Crippen molar-refractivity contribution in [3.8, 4) is 0 Å². The Bertz CT molecular complexity index is 816. The molecule has 0 unspecified atom stereocenters. The Morgan fingerprint density at radius 2 is 1.89 bits per heavy atom. The number of nitrogens with zero attached hydrogens (tertiary/aromatic N) is 2. The number of fused-ring (bicyclic) bond motifs is 1. The molecule has 1 saturated heterocycles. The van der Waals surface area contributed by atoms with E-state index in [2.05, 4.69) is 35.6 Å². The van der Waals surface area contributed by atoms with Crippen LogP contribution >= 0.6 is 0 Å². The highest BCUT2D eigenvalue weighted by Gasteiger charge is 2.23. The molecule has 3 rings (SSSR count). The van der Waals surface area contributed by atoms with Crippen LogP contribution in [0.5, 0.6) is 0 Å². The highest BCUT2D eigenvalue weighted by Crippen LogP contribution is 2.25. The Kier molecular flexibility index (Phi) is 6.89. The van der Waals surface area contributed by atoms with Gasteiger partial charge in [-0.15, -0.1) is 0 Å². The smallest absolute Gasteiger partial charge is 0.292 e. The minimum Gasteiger partial charge on any atom is -0.348 e. The Hall–Kier alpha value is -2.14. The molecule has 28 heavy (non-hydrogen) atoms. The van der Waals surface area contributed by atoms with Crippen LogP contribution in [0.25, 0.3) is 10.9 Å². The Morgan fingerprint density at radius 3 is 2.57 bits per heavy atom. The van der Waals surface area contributed by atoms with Gasteiger partial charge in [-0.25, -0.2) is 0 Å². The lowest BCUT2D eigenvalue weighted by atomic mass is 9.92. The summed E-state index contributed by atoms with van der Waals surface area (Å²) in [5.41, 5.74) is 1.48. The highest BCUT2D eigenvalue weighted by atomic mass is 16.2. The molecule has 2 aromatic rings. The Morgan fingerprint density at radius 1 is 1.18 bits per heavy atom. The van der Waals surface area contributed by atoms with Gasteiger partial charge >= 0.3 is 0 Å². The van der Waals surface area contributed by atoms with Crippen molar-refractivity contribution in [2.75, 3.05) is 26.2 Å². The van der Waals surface area contributed by atoms with Crippen molar-refractivity contribution in [2.24, 2.45) is 5.92 Å². The van der Waals surface area contributed by atoms with Crippen molar-refractivity contribution in [2.45, 2.75) is 52.5 Å². The first-order chi connectivity index (χ1) is 13.5. The minimum absolute atomic E-state index is 0.227. The summed E-state index contributed by atoms with van der Waals surface area (Å²) >= 11 is 0. The summed E-state index contributed by atoms with van der Waals surface area (Å²) in [6, 6.07) is 8.00. The van der Waals surface area contributed by atoms with Gasteiger partial charge < -0.3 is 14.8 Å². The van der Waals surface area contributed by atoms with Crippen molar-refractivity contribution >= 4 is 22.6 Å². The van der Waals surface area contributed by atoms with E-state index in [1.165, 1.54) is 25.7 Å². The highest BCUT2D eigenvalue weighted by molar-refractivity contribution is 6.45. The van der Waals surface area contributed by atoms with Crippen molar-refractivity contribution < 1.29 is 9.59 Å². The van der Waals surface area contributed by atoms with Crippen LogP contribution in [0.15, 0.2) is 30.5 Å². The molecule has 152 valence electrons. The second-order valence-electron chi connectivity index (χ2n) is 8.22. The SMILES string of the molecule is CCCC1CCN(CCNC(=O)C(=O)c2cn(C(C)C)c3ccccc23)CC1. The van der Waals surface area contributed by atoms with E-state index in [9.17, 15) is 9.59 Å². The van der Waals surface area contributed by atoms with Crippen LogP contribution in [-0.2, 0) is 4.79 Å². The largest absolute Gasteiger partial charge is 0.348 e. The molecule has 0 radical (unpaired) electrons. The van der Waals surface area contributed by atoms with Crippen LogP contribution in [0.4, 0.5) is 0 Å². The van der Waals surface area contributed by atoms with E-state index in [-0.39, 0.29) is 6.04 Å². The van der Waals surface area contributed by atoms with E-state index >= 15 is 0 Å². The lowest BCUT2D eigenvalue weighted by molar-refractivity contribution is -0.117. The molecular formula is C23H33N3O2. The van der Waals surface area contributed by atoms with Gasteiger partial charge in [-0.2, -0.15) is 0 Å². The number of hydrogen-bond acceptors (Lipinski definition) is 3. The molecule has 1 aliphatic heterocycles. The summed E-state index contributed by atoms with van der Waals surface area (Å²) in [6.07, 6.45) is 6.89. The lowest BCUT2D eigenvalue weighted by Crippen LogP contribution is -2.41. The molecule has 1 aliphatic rings. The molecule has 1 aromatic carbocycles. The van der Waals surface area contributed by atoms with Crippen LogP contribution in [0, 0.1) is 5.92 Å². The number of carbonyl (C=O) groups is 2. The van der Waals surface area contributed by atoms with Gasteiger partial charge in [-0.05, 0) is 51.8 Å². The molecule has 5 heteroatoms. The van der Waals surface area contributed by atoms with Gasteiger partial charge in [-0.3, -0.25) is 9.59 Å². The van der Waals surface area contributed by atoms with Gasteiger partial charge in [0.1, 0.15) is 0 Å². The van der Waals surface area contributed by atoms with Crippen molar-refractivity contribution in [3.63, 3.8) is 0 Å². The van der Waals surface area contributed by atoms with Gasteiger partial charge in [-0.1, -0.05) is 38.0 Å². The number of amides is 1. The fourth-order valence-electron chi connectivity index (χ4n) is 4.25. The number of carbonyl (C=O) groups excluding carboxylic acids is 2. The van der Waals surface area contributed by atoms with Gasteiger partial charge in [0, 0.05) is 36.2 Å². The summed E-state index contributed by atoms with van der Waals surface area (Å²) in [5.74, 6) is -0.0968. The van der Waals surface area contributed by atoms with E-state index in [1.807, 2.05) is 30.5 Å². The summed E-state index contributed by atoms with van der Waals surface area (Å²) in [4.78, 5) is 27.6. The number of rotatable bonds is 8. The molecule has 0 atom stereocenters. The summed E-state index contributed by atoms with van der Waals surface area (Å²) in [7, 11) is 0. The van der Waals surface area contributed by atoms with Crippen molar-refractivity contribution in [3.05, 3.63) is 36.0 Å². The third-order valence-electron chi connectivity index (χ3n) is 5.87. The molecule has 1 amide bonds. The number of para-hydroxylation sites is 1. The van der Waals surface area contributed by atoms with E-state index in [1.54, 1.807) is 0 Å². The number of likely N-dealkylation sites (tertiary alicyclic amines) is 1. The normalized spacial score (nSPS) is 16.0. The number of aromatic nitrogens is 1. The standard InChI is InChI=1S/C23H33N3O2/c1-4-7-18-10-13-25(14-11-18)15-12-24-23(28)22(27)20-16-26(17(2)3)21-9-6-5-8-19(20)21/h5-6,8-9,16-18H,4,7,10-15H2,1-3H3,(H,24,28). The van der Waals surface area contributed by atoms with Crippen LogP contribution in [0.2, 0.25) is 0 Å². The van der Waals surface area contributed by atoms with Crippen molar-refractivity contribution in [1.29, 1.82) is 0 Å². The number of hydrogen-bond donors (Lipinski definition) is 1. The molecule has 0 aliphatic carbocycles. The number of ketones is 1. The second kappa shape index (κ2) is 9.37. The van der Waals surface area contributed by atoms with E-state index in [0.717, 1.165) is 36.5 Å². The zero-order chi connectivity index (χ0) is 20.1. The molecule has 1 fully saturated rings. The average molecular weight is 384 g/mol. The molecule has 1 aromatic heterocycles. The molecular weight excluding hydrogens is 350 g/mol. The van der Waals surface area contributed by atoms with Gasteiger partial charge in [0.25, 0.3) is 11.7 Å². The Labute approximate surface area is 168 Å². The first-order valence-electron chi connectivity index (χ1n) is 10.7. The van der Waals surface area contributed by atoms with Crippen LogP contribution in [0.1, 0.15) is 62.9 Å². The molecule has 0 spiro atoms. The monoisotopic (exact) mass is 383 g/mol. The topological polar surface area (TPSA) is 54.3 Å². The fraction of sp³-hybridized carbons (Fsp3) is 0.565. The molecule has 0 saturated carbocycles. The summed E-state index contributed by atoms with van der Waals surface area (Å²) in [5, 5.41) is 3.67. The van der Waals surface area contributed by atoms with Gasteiger partial charge in [0.05, 0.1) is 5.56 Å². The molecule has 2 heterocycles. The molecule has 1 N–H and O–H groups in total. The first kappa shape index (κ1) is 20.6. The maximum absolute atomic E-state index is 12.8. The quantitative estimate of drug-likeness (QED) is 0.553. The number of benzene rings is 1. The first-order valence-corrected chi connectivity index (χ1v) is 10.7. The maximum atomic E-state index is 12.8. The third kappa shape index (κ3) is 4.64. The zero-order valence-corrected chi connectivity index (χ0v) is 17.4. The van der Waals surface area contributed by atoms with E-state index in [0.29, 0.717) is 12.1 Å². The molecule has 0 bridgehead atoms. The summed E-state index contributed by atoms with van der Waals surface area (Å²) < 4.78 is 2.05. The third-order valence-corrected chi connectivity index (χ3v) is 5.87. The Balaban J connectivity index is 1.56. The number of Topliss-reactive ketones (excluding diaryl/α,β-unsaturated/α-hetero) is 1. The van der Waals surface area contributed by atoms with E-state index in [4.69, 9.17) is 0 Å². The van der Waals surface area contributed by atoms with E-state index < -0.39 is 11.7 Å². The zero-order valence-electron chi connectivity index (χ0n) is 17.4. The van der Waals surface area contributed by atoms with Crippen molar-refractivity contribution in [1.82, 2.24) is 14.8 Å². The minimum atomic E-state index is -0.507. The molecule has 5 nitrogen and oxygen atoms in total. The summed E-state index contributed by atoms with van der Waals surface area (Å²) in [6.45, 7) is 9.91. The predicted octanol–water partition coefficient (Wildman–Crippen LogP) is 4.03. The average Bonchev–Trinajstić information content (AvgIpc) is 3.09. The predicted molar refractivity (Wildman–Crippen MR) is 114 cm³/mol. The fourth-order valence-corrected chi connectivity index (χ4v) is 4.25. The number of nitrogens with one attached hydrogen (secondary N) is 1. The van der Waals surface area contributed by atoms with Gasteiger partial charge in [0.15, 0.2) is 0 Å².